The molecular formula is C15H10FNO2. The lowest BCUT2D eigenvalue weighted by Crippen LogP contribution is -2.43. The highest BCUT2D eigenvalue weighted by molar-refractivity contribution is 6.25. The van der Waals surface area contributed by atoms with Crippen LogP contribution in [-0.2, 0) is 4.79 Å². The van der Waals surface area contributed by atoms with Crippen LogP contribution in [-0.4, -0.2) is 11.8 Å². The average molecular weight is 255 g/mol. The van der Waals surface area contributed by atoms with E-state index in [0.29, 0.717) is 5.69 Å². The minimum absolute atomic E-state index is 0.143. The second-order valence-electron chi connectivity index (χ2n) is 4.26. The molecule has 4 heteroatoms. The SMILES string of the molecule is O=C1c2ccccc2C(F)C(=O)N1c1ccccc1. The van der Waals surface area contributed by atoms with Crippen molar-refractivity contribution in [3.05, 3.63) is 65.7 Å². The number of rotatable bonds is 1. The van der Waals surface area contributed by atoms with Crippen LogP contribution in [0, 0.1) is 0 Å². The number of anilines is 1. The summed E-state index contributed by atoms with van der Waals surface area (Å²) in [4.78, 5) is 25.2. The summed E-state index contributed by atoms with van der Waals surface area (Å²) in [6.45, 7) is 0. The molecule has 19 heavy (non-hydrogen) atoms. The lowest BCUT2D eigenvalue weighted by molar-refractivity contribution is -0.123. The van der Waals surface area contributed by atoms with E-state index in [-0.39, 0.29) is 11.1 Å². The van der Waals surface area contributed by atoms with Crippen molar-refractivity contribution < 1.29 is 14.0 Å². The number of alkyl halides is 1. The Kier molecular flexibility index (Phi) is 2.63. The first-order chi connectivity index (χ1) is 9.20. The Balaban J connectivity index is 2.15. The van der Waals surface area contributed by atoms with Crippen molar-refractivity contribution in [3.8, 4) is 0 Å². The number of carbonyl (C=O) groups is 2. The number of benzene rings is 2. The van der Waals surface area contributed by atoms with E-state index in [4.69, 9.17) is 0 Å². The second-order valence-corrected chi connectivity index (χ2v) is 4.26. The van der Waals surface area contributed by atoms with Gasteiger partial charge in [-0.1, -0.05) is 36.4 Å². The van der Waals surface area contributed by atoms with E-state index in [9.17, 15) is 14.0 Å². The molecule has 0 fully saturated rings. The van der Waals surface area contributed by atoms with Crippen molar-refractivity contribution in [2.45, 2.75) is 6.17 Å². The van der Waals surface area contributed by atoms with Gasteiger partial charge in [-0.05, 0) is 18.2 Å². The first-order valence-corrected chi connectivity index (χ1v) is 5.86. The molecule has 0 aliphatic carbocycles. The Hall–Kier alpha value is -2.49. The van der Waals surface area contributed by atoms with Crippen LogP contribution in [0.2, 0.25) is 0 Å². The van der Waals surface area contributed by atoms with Gasteiger partial charge in [0.25, 0.3) is 11.8 Å². The normalized spacial score (nSPS) is 18.4. The minimum atomic E-state index is -1.80. The monoisotopic (exact) mass is 255 g/mol. The van der Waals surface area contributed by atoms with Gasteiger partial charge in [0.05, 0.1) is 5.69 Å². The molecule has 1 aliphatic heterocycles. The van der Waals surface area contributed by atoms with Crippen molar-refractivity contribution >= 4 is 17.5 Å². The maximum atomic E-state index is 14.1. The molecule has 0 radical (unpaired) electrons. The Bertz CT molecular complexity index is 654. The zero-order valence-corrected chi connectivity index (χ0v) is 9.92. The maximum Gasteiger partial charge on any atom is 0.273 e. The van der Waals surface area contributed by atoms with Crippen LogP contribution in [0.15, 0.2) is 54.6 Å². The summed E-state index contributed by atoms with van der Waals surface area (Å²) in [7, 11) is 0. The zero-order chi connectivity index (χ0) is 13.4. The standard InChI is InChI=1S/C15H10FNO2/c16-13-11-8-4-5-9-12(11)14(18)17(15(13)19)10-6-2-1-3-7-10/h1-9,13H. The summed E-state index contributed by atoms with van der Waals surface area (Å²) in [5, 5.41) is 0. The summed E-state index contributed by atoms with van der Waals surface area (Å²) < 4.78 is 14.1. The smallest absolute Gasteiger partial charge is 0.270 e. The second kappa shape index (κ2) is 4.31. The molecule has 94 valence electrons. The maximum absolute atomic E-state index is 14.1. The topological polar surface area (TPSA) is 37.4 Å². The molecule has 3 rings (SSSR count). The highest BCUT2D eigenvalue weighted by Gasteiger charge is 2.39. The average Bonchev–Trinajstić information content (AvgIpc) is 2.46. The van der Waals surface area contributed by atoms with Crippen LogP contribution in [0.4, 0.5) is 10.1 Å². The molecular weight excluding hydrogens is 245 g/mol. The van der Waals surface area contributed by atoms with Crippen molar-refractivity contribution in [3.63, 3.8) is 0 Å². The molecule has 0 N–H and O–H groups in total. The molecule has 0 spiro atoms. The zero-order valence-electron chi connectivity index (χ0n) is 9.92. The van der Waals surface area contributed by atoms with Gasteiger partial charge in [0.15, 0.2) is 0 Å². The number of amides is 2. The highest BCUT2D eigenvalue weighted by Crippen LogP contribution is 2.33. The molecule has 1 heterocycles. The summed E-state index contributed by atoms with van der Waals surface area (Å²) in [5.74, 6) is -1.32. The number of halogens is 1. The molecule has 0 aromatic heterocycles. The van der Waals surface area contributed by atoms with Crippen molar-refractivity contribution in [2.24, 2.45) is 0 Å². The molecule has 1 unspecified atom stereocenters. The molecule has 1 atom stereocenters. The quantitative estimate of drug-likeness (QED) is 0.735. The molecule has 0 bridgehead atoms. The molecule has 1 aliphatic rings. The summed E-state index contributed by atoms with van der Waals surface area (Å²) in [6, 6.07) is 14.7. The molecule has 2 aromatic carbocycles. The van der Waals surface area contributed by atoms with Gasteiger partial charge in [0, 0.05) is 11.1 Å². The lowest BCUT2D eigenvalue weighted by Gasteiger charge is -2.28. The van der Waals surface area contributed by atoms with Crippen molar-refractivity contribution in [1.29, 1.82) is 0 Å². The third-order valence-electron chi connectivity index (χ3n) is 3.12. The minimum Gasteiger partial charge on any atom is -0.270 e. The van der Waals surface area contributed by atoms with E-state index < -0.39 is 18.0 Å². The highest BCUT2D eigenvalue weighted by atomic mass is 19.1. The molecule has 0 saturated heterocycles. The van der Waals surface area contributed by atoms with Crippen molar-refractivity contribution in [1.82, 2.24) is 0 Å². The van der Waals surface area contributed by atoms with Gasteiger partial charge < -0.3 is 0 Å². The third kappa shape index (κ3) is 1.73. The van der Waals surface area contributed by atoms with E-state index in [1.807, 2.05) is 0 Å². The Morgan fingerprint density at radius 3 is 2.26 bits per heavy atom. The van der Waals surface area contributed by atoms with Crippen LogP contribution in [0.3, 0.4) is 0 Å². The largest absolute Gasteiger partial charge is 0.273 e. The van der Waals surface area contributed by atoms with E-state index in [2.05, 4.69) is 0 Å². The van der Waals surface area contributed by atoms with E-state index in [1.165, 1.54) is 12.1 Å². The predicted octanol–water partition coefficient (Wildman–Crippen LogP) is 2.88. The fraction of sp³-hybridized carbons (Fsp3) is 0.0667. The first-order valence-electron chi connectivity index (χ1n) is 5.86. The number of carbonyl (C=O) groups excluding carboxylic acids is 2. The van der Waals surface area contributed by atoms with E-state index >= 15 is 0 Å². The van der Waals surface area contributed by atoms with Crippen LogP contribution in [0.25, 0.3) is 0 Å². The number of para-hydroxylation sites is 1. The molecule has 3 nitrogen and oxygen atoms in total. The summed E-state index contributed by atoms with van der Waals surface area (Å²) in [6.07, 6.45) is -1.80. The lowest BCUT2D eigenvalue weighted by atomic mass is 9.96. The van der Waals surface area contributed by atoms with Crippen LogP contribution >= 0.6 is 0 Å². The van der Waals surface area contributed by atoms with Crippen LogP contribution < -0.4 is 4.90 Å². The van der Waals surface area contributed by atoms with Gasteiger partial charge in [-0.3, -0.25) is 9.59 Å². The van der Waals surface area contributed by atoms with Crippen LogP contribution in [0.5, 0.6) is 0 Å². The molecule has 2 aromatic rings. The van der Waals surface area contributed by atoms with Gasteiger partial charge in [0.2, 0.25) is 6.17 Å². The van der Waals surface area contributed by atoms with Gasteiger partial charge in [-0.15, -0.1) is 0 Å². The van der Waals surface area contributed by atoms with Crippen molar-refractivity contribution in [2.75, 3.05) is 4.90 Å². The molecule has 0 saturated carbocycles. The molecule has 2 amide bonds. The van der Waals surface area contributed by atoms with Gasteiger partial charge in [-0.25, -0.2) is 9.29 Å². The van der Waals surface area contributed by atoms with Crippen LogP contribution in [0.1, 0.15) is 22.1 Å². The van der Waals surface area contributed by atoms with E-state index in [1.54, 1.807) is 42.5 Å². The first kappa shape index (κ1) is 11.6. The number of hydrogen-bond acceptors (Lipinski definition) is 2. The number of nitrogens with zero attached hydrogens (tertiary/aromatic N) is 1. The van der Waals surface area contributed by atoms with Gasteiger partial charge in [0.1, 0.15) is 0 Å². The predicted molar refractivity (Wildman–Crippen MR) is 68.5 cm³/mol. The number of fused-ring (bicyclic) bond motifs is 1. The summed E-state index contributed by atoms with van der Waals surface area (Å²) >= 11 is 0. The Labute approximate surface area is 109 Å². The Morgan fingerprint density at radius 2 is 1.53 bits per heavy atom. The fourth-order valence-corrected chi connectivity index (χ4v) is 2.20. The van der Waals surface area contributed by atoms with E-state index in [0.717, 1.165) is 4.90 Å². The Morgan fingerprint density at radius 1 is 0.895 bits per heavy atom. The third-order valence-corrected chi connectivity index (χ3v) is 3.12. The van der Waals surface area contributed by atoms with Gasteiger partial charge in [-0.2, -0.15) is 0 Å². The van der Waals surface area contributed by atoms with Gasteiger partial charge >= 0.3 is 0 Å². The summed E-state index contributed by atoms with van der Waals surface area (Å²) in [5.41, 5.74) is 0.762. The number of hydrogen-bond donors (Lipinski definition) is 0. The number of imide groups is 1. The fourth-order valence-electron chi connectivity index (χ4n) is 2.20.